The number of aromatic nitrogens is 1. The van der Waals surface area contributed by atoms with Crippen molar-refractivity contribution in [3.8, 4) is 11.3 Å². The first-order valence-corrected chi connectivity index (χ1v) is 9.04. The van der Waals surface area contributed by atoms with E-state index in [1.807, 2.05) is 19.1 Å². The number of carbonyl (C=O) groups excluding carboxylic acids is 1. The third-order valence-corrected chi connectivity index (χ3v) is 4.96. The number of halogens is 1. The summed E-state index contributed by atoms with van der Waals surface area (Å²) in [6, 6.07) is 6.48. The lowest BCUT2D eigenvalue weighted by atomic mass is 9.92. The zero-order chi connectivity index (χ0) is 18.7. The molecule has 6 nitrogen and oxygen atoms in total. The van der Waals surface area contributed by atoms with Crippen LogP contribution in [0.15, 0.2) is 34.9 Å². The molecule has 1 aromatic heterocycles. The Morgan fingerprint density at radius 1 is 1.35 bits per heavy atom. The number of hydrogen-bond acceptors (Lipinski definition) is 4. The lowest BCUT2D eigenvalue weighted by Crippen LogP contribution is -2.49. The van der Waals surface area contributed by atoms with Crippen molar-refractivity contribution in [1.82, 2.24) is 9.88 Å². The Hall–Kier alpha value is -2.34. The quantitative estimate of drug-likeness (QED) is 0.861. The molecule has 0 spiro atoms. The molecule has 0 radical (unpaired) electrons. The zero-order valence-corrected chi connectivity index (χ0v) is 15.3. The number of carboxylic acids is 1. The minimum Gasteiger partial charge on any atom is -0.480 e. The maximum atomic E-state index is 12.5. The zero-order valence-electron chi connectivity index (χ0n) is 14.5. The molecule has 7 heteroatoms. The molecule has 0 bridgehead atoms. The molecular weight excluding hydrogens is 356 g/mol. The Labute approximate surface area is 156 Å². The van der Waals surface area contributed by atoms with Gasteiger partial charge in [0.25, 0.3) is 0 Å². The second kappa shape index (κ2) is 7.91. The van der Waals surface area contributed by atoms with E-state index in [0.29, 0.717) is 42.0 Å². The highest BCUT2D eigenvalue weighted by atomic mass is 35.5. The molecule has 1 fully saturated rings. The molecule has 3 rings (SSSR count). The van der Waals surface area contributed by atoms with Crippen molar-refractivity contribution in [3.05, 3.63) is 41.4 Å². The predicted molar refractivity (Wildman–Crippen MR) is 96.8 cm³/mol. The number of likely N-dealkylation sites (tertiary alicyclic amines) is 1. The molecule has 1 aromatic carbocycles. The molecule has 26 heavy (non-hydrogen) atoms. The Bertz CT molecular complexity index is 787. The highest BCUT2D eigenvalue weighted by Gasteiger charge is 2.34. The number of hydrogen-bond donors (Lipinski definition) is 1. The van der Waals surface area contributed by atoms with Crippen LogP contribution in [0, 0.1) is 5.92 Å². The topological polar surface area (TPSA) is 83.6 Å². The van der Waals surface area contributed by atoms with Crippen LogP contribution in [0.1, 0.15) is 32.1 Å². The molecule has 0 aliphatic carbocycles. The first-order valence-electron chi connectivity index (χ1n) is 8.67. The normalized spacial score (nSPS) is 20.2. The van der Waals surface area contributed by atoms with Crippen LogP contribution in [-0.2, 0) is 16.0 Å². The lowest BCUT2D eigenvalue weighted by molar-refractivity contribution is -0.153. The van der Waals surface area contributed by atoms with E-state index in [1.54, 1.807) is 18.3 Å². The van der Waals surface area contributed by atoms with Gasteiger partial charge in [0.15, 0.2) is 11.7 Å². The third kappa shape index (κ3) is 4.25. The van der Waals surface area contributed by atoms with Gasteiger partial charge in [-0.15, -0.1) is 0 Å². The summed E-state index contributed by atoms with van der Waals surface area (Å²) in [4.78, 5) is 29.6. The summed E-state index contributed by atoms with van der Waals surface area (Å²) in [5, 5.41) is 10.0. The third-order valence-electron chi connectivity index (χ3n) is 4.71. The number of carbonyl (C=O) groups is 2. The number of aliphatic carboxylic acids is 1. The number of piperidine rings is 1. The molecule has 2 atom stereocenters. The van der Waals surface area contributed by atoms with Crippen molar-refractivity contribution in [3.63, 3.8) is 0 Å². The number of carboxylic acid groups (broad SMARTS) is 1. The van der Waals surface area contributed by atoms with Crippen LogP contribution < -0.4 is 0 Å². The van der Waals surface area contributed by atoms with E-state index in [-0.39, 0.29) is 12.3 Å². The predicted octanol–water partition coefficient (Wildman–Crippen LogP) is 3.64. The van der Waals surface area contributed by atoms with Gasteiger partial charge in [-0.3, -0.25) is 4.79 Å². The monoisotopic (exact) mass is 376 g/mol. The smallest absolute Gasteiger partial charge is 0.326 e. The van der Waals surface area contributed by atoms with E-state index in [9.17, 15) is 14.7 Å². The van der Waals surface area contributed by atoms with Crippen LogP contribution in [0.4, 0.5) is 0 Å². The molecule has 0 saturated carbocycles. The van der Waals surface area contributed by atoms with Crippen molar-refractivity contribution in [2.75, 3.05) is 6.54 Å². The number of nitrogens with zero attached hydrogens (tertiary/aromatic N) is 2. The van der Waals surface area contributed by atoms with E-state index >= 15 is 0 Å². The van der Waals surface area contributed by atoms with Crippen molar-refractivity contribution < 1.29 is 19.1 Å². The van der Waals surface area contributed by atoms with Gasteiger partial charge in [-0.1, -0.05) is 18.5 Å². The van der Waals surface area contributed by atoms with Gasteiger partial charge >= 0.3 is 5.97 Å². The van der Waals surface area contributed by atoms with Crippen LogP contribution in [0.3, 0.4) is 0 Å². The molecule has 1 amide bonds. The largest absolute Gasteiger partial charge is 0.480 e. The molecule has 2 aromatic rings. The molecule has 2 heterocycles. The summed E-state index contributed by atoms with van der Waals surface area (Å²) in [7, 11) is 0. The van der Waals surface area contributed by atoms with Gasteiger partial charge in [0.1, 0.15) is 6.04 Å². The van der Waals surface area contributed by atoms with E-state index in [2.05, 4.69) is 4.98 Å². The summed E-state index contributed by atoms with van der Waals surface area (Å²) >= 11 is 5.88. The van der Waals surface area contributed by atoms with Crippen molar-refractivity contribution in [1.29, 1.82) is 0 Å². The highest BCUT2D eigenvalue weighted by Crippen LogP contribution is 2.25. The van der Waals surface area contributed by atoms with Crippen molar-refractivity contribution >= 4 is 23.5 Å². The van der Waals surface area contributed by atoms with Gasteiger partial charge in [-0.25, -0.2) is 9.78 Å². The molecule has 138 valence electrons. The minimum absolute atomic E-state index is 0.171. The maximum Gasteiger partial charge on any atom is 0.326 e. The summed E-state index contributed by atoms with van der Waals surface area (Å²) in [6.45, 7) is 2.50. The lowest BCUT2D eigenvalue weighted by Gasteiger charge is -2.36. The van der Waals surface area contributed by atoms with Gasteiger partial charge in [-0.05, 0) is 43.0 Å². The molecule has 1 saturated heterocycles. The fraction of sp³-hybridized carbons (Fsp3) is 0.421. The van der Waals surface area contributed by atoms with Crippen LogP contribution in [0.5, 0.6) is 0 Å². The van der Waals surface area contributed by atoms with Gasteiger partial charge in [0.05, 0.1) is 6.20 Å². The van der Waals surface area contributed by atoms with Crippen molar-refractivity contribution in [2.24, 2.45) is 5.92 Å². The Morgan fingerprint density at radius 3 is 2.77 bits per heavy atom. The van der Waals surface area contributed by atoms with Gasteiger partial charge < -0.3 is 14.4 Å². The number of amides is 1. The SMILES string of the molecule is CC1CCN(C(=O)CCc2ncc(-c3ccc(Cl)cc3)o2)C(C(=O)O)C1. The fourth-order valence-corrected chi connectivity index (χ4v) is 3.33. The van der Waals surface area contributed by atoms with E-state index in [1.165, 1.54) is 4.90 Å². The van der Waals surface area contributed by atoms with Crippen LogP contribution >= 0.6 is 11.6 Å². The van der Waals surface area contributed by atoms with E-state index in [4.69, 9.17) is 16.0 Å². The summed E-state index contributed by atoms with van der Waals surface area (Å²) < 4.78 is 5.70. The fourth-order valence-electron chi connectivity index (χ4n) is 3.21. The second-order valence-electron chi connectivity index (χ2n) is 6.70. The minimum atomic E-state index is -0.939. The van der Waals surface area contributed by atoms with Crippen LogP contribution in [0.2, 0.25) is 5.02 Å². The Morgan fingerprint density at radius 2 is 2.08 bits per heavy atom. The Kier molecular flexibility index (Phi) is 5.61. The summed E-state index contributed by atoms with van der Waals surface area (Å²) in [6.07, 6.45) is 3.46. The van der Waals surface area contributed by atoms with Crippen LogP contribution in [0.25, 0.3) is 11.3 Å². The molecule has 2 unspecified atom stereocenters. The van der Waals surface area contributed by atoms with E-state index < -0.39 is 12.0 Å². The first-order chi connectivity index (χ1) is 12.4. The Balaban J connectivity index is 1.61. The van der Waals surface area contributed by atoms with E-state index in [0.717, 1.165) is 12.0 Å². The molecule has 1 aliphatic rings. The number of aryl methyl sites for hydroxylation is 1. The summed E-state index contributed by atoms with van der Waals surface area (Å²) in [5.74, 6) is 0.273. The van der Waals surface area contributed by atoms with Crippen molar-refractivity contribution in [2.45, 2.75) is 38.6 Å². The van der Waals surface area contributed by atoms with Gasteiger partial charge in [0, 0.05) is 30.0 Å². The summed E-state index contributed by atoms with van der Waals surface area (Å²) in [5.41, 5.74) is 0.857. The maximum absolute atomic E-state index is 12.5. The van der Waals surface area contributed by atoms with Crippen LogP contribution in [-0.4, -0.2) is 39.5 Å². The molecule has 1 N–H and O–H groups in total. The second-order valence-corrected chi connectivity index (χ2v) is 7.13. The number of oxazole rings is 1. The standard InChI is InChI=1S/C19H21ClN2O4/c1-12-8-9-22(15(10-12)19(24)25)18(23)7-6-17-21-11-16(26-17)13-2-4-14(20)5-3-13/h2-5,11-12,15H,6-10H2,1H3,(H,24,25). The molecule has 1 aliphatic heterocycles. The highest BCUT2D eigenvalue weighted by molar-refractivity contribution is 6.30. The molecular formula is C19H21ClN2O4. The van der Waals surface area contributed by atoms with Gasteiger partial charge in [0.2, 0.25) is 5.91 Å². The number of benzene rings is 1. The average Bonchev–Trinajstić information content (AvgIpc) is 3.09. The first kappa shape index (κ1) is 18.5. The number of rotatable bonds is 5. The van der Waals surface area contributed by atoms with Gasteiger partial charge in [-0.2, -0.15) is 0 Å². The average molecular weight is 377 g/mol.